The number of rotatable bonds is 6. The lowest BCUT2D eigenvalue weighted by Gasteiger charge is -2.33. The van der Waals surface area contributed by atoms with Crippen LogP contribution in [0, 0.1) is 0 Å². The molecule has 1 fully saturated rings. The first-order chi connectivity index (χ1) is 9.24. The number of para-hydroxylation sites is 1. The zero-order valence-corrected chi connectivity index (χ0v) is 11.5. The van der Waals surface area contributed by atoms with Crippen molar-refractivity contribution in [2.45, 2.75) is 6.10 Å². The molecule has 0 saturated carbocycles. The maximum atomic E-state index is 9.87. The first-order valence-electron chi connectivity index (χ1n) is 6.77. The summed E-state index contributed by atoms with van der Waals surface area (Å²) >= 11 is 0. The molecule has 0 amide bonds. The van der Waals surface area contributed by atoms with Crippen molar-refractivity contribution < 1.29 is 9.84 Å². The van der Waals surface area contributed by atoms with Crippen molar-refractivity contribution in [1.29, 1.82) is 0 Å². The highest BCUT2D eigenvalue weighted by molar-refractivity contribution is 5.20. The lowest BCUT2D eigenvalue weighted by Crippen LogP contribution is -2.52. The molecule has 0 aliphatic carbocycles. The summed E-state index contributed by atoms with van der Waals surface area (Å²) in [5, 5.41) is 12.0. The van der Waals surface area contributed by atoms with E-state index >= 15 is 0 Å². The normalized spacial score (nSPS) is 19.3. The zero-order valence-electron chi connectivity index (χ0n) is 11.5. The molecule has 0 bridgehead atoms. The summed E-state index contributed by atoms with van der Waals surface area (Å²) in [6.07, 6.45) is -0.500. The number of ether oxygens (including phenoxy) is 1. The van der Waals surface area contributed by atoms with Crippen molar-refractivity contribution in [2.24, 2.45) is 0 Å². The van der Waals surface area contributed by atoms with Gasteiger partial charge >= 0.3 is 0 Å². The molecule has 0 spiro atoms. The third-order valence-electron chi connectivity index (χ3n) is 3.24. The second-order valence-corrected chi connectivity index (χ2v) is 4.93. The number of aliphatic hydroxyl groups excluding tert-OH is 1. The number of nitrogens with zero attached hydrogens (tertiary/aromatic N) is 2. The number of aliphatic hydroxyl groups is 1. The minimum atomic E-state index is -0.500. The molecule has 1 aromatic carbocycles. The minimum Gasteiger partial charge on any atom is -0.491 e. The standard InChI is InChI=1S/C14H23N3O2/c1-16-7-9-17(10-8-16)15-11-13(18)12-19-14-5-3-2-4-6-14/h2-6,13,15,18H,7-12H2,1H3. The van der Waals surface area contributed by atoms with Crippen LogP contribution >= 0.6 is 0 Å². The van der Waals surface area contributed by atoms with E-state index in [0.717, 1.165) is 31.9 Å². The van der Waals surface area contributed by atoms with Crippen molar-refractivity contribution in [3.05, 3.63) is 30.3 Å². The van der Waals surface area contributed by atoms with Crippen LogP contribution < -0.4 is 10.2 Å². The number of hydrogen-bond acceptors (Lipinski definition) is 5. The van der Waals surface area contributed by atoms with E-state index in [1.807, 2.05) is 30.3 Å². The Morgan fingerprint density at radius 2 is 1.89 bits per heavy atom. The van der Waals surface area contributed by atoms with E-state index in [2.05, 4.69) is 22.4 Å². The highest BCUT2D eigenvalue weighted by Crippen LogP contribution is 2.08. The highest BCUT2D eigenvalue weighted by Gasteiger charge is 2.14. The fraction of sp³-hybridized carbons (Fsp3) is 0.571. The van der Waals surface area contributed by atoms with Gasteiger partial charge in [0.05, 0.1) is 0 Å². The topological polar surface area (TPSA) is 48.0 Å². The van der Waals surface area contributed by atoms with Gasteiger partial charge < -0.3 is 14.7 Å². The molecule has 1 aromatic rings. The fourth-order valence-electron chi connectivity index (χ4n) is 1.97. The summed E-state index contributed by atoms with van der Waals surface area (Å²) in [7, 11) is 2.12. The van der Waals surface area contributed by atoms with Crippen molar-refractivity contribution in [2.75, 3.05) is 46.4 Å². The zero-order chi connectivity index (χ0) is 13.5. The Hall–Kier alpha value is -1.14. The van der Waals surface area contributed by atoms with Crippen LogP contribution in [0.5, 0.6) is 5.75 Å². The second kappa shape index (κ2) is 7.45. The minimum absolute atomic E-state index is 0.310. The summed E-state index contributed by atoms with van der Waals surface area (Å²) in [5.74, 6) is 0.793. The molecule has 2 N–H and O–H groups in total. The van der Waals surface area contributed by atoms with Gasteiger partial charge in [-0.1, -0.05) is 18.2 Å². The molecule has 1 aliphatic rings. The van der Waals surface area contributed by atoms with E-state index in [4.69, 9.17) is 4.74 Å². The third-order valence-corrected chi connectivity index (χ3v) is 3.24. The lowest BCUT2D eigenvalue weighted by atomic mass is 10.3. The van der Waals surface area contributed by atoms with Gasteiger partial charge in [0.25, 0.3) is 0 Å². The van der Waals surface area contributed by atoms with Gasteiger partial charge in [-0.15, -0.1) is 0 Å². The first-order valence-corrected chi connectivity index (χ1v) is 6.77. The Labute approximate surface area is 114 Å². The Bertz CT molecular complexity index is 353. The molecule has 5 heteroatoms. The van der Waals surface area contributed by atoms with Gasteiger partial charge in [0.2, 0.25) is 0 Å². The Balaban J connectivity index is 1.61. The molecule has 106 valence electrons. The van der Waals surface area contributed by atoms with Gasteiger partial charge in [-0.3, -0.25) is 5.43 Å². The van der Waals surface area contributed by atoms with Gasteiger partial charge in [-0.05, 0) is 19.2 Å². The van der Waals surface area contributed by atoms with Gasteiger partial charge in [0, 0.05) is 32.7 Å². The molecule has 0 radical (unpaired) electrons. The van der Waals surface area contributed by atoms with Crippen LogP contribution in [0.15, 0.2) is 30.3 Å². The Morgan fingerprint density at radius 3 is 2.58 bits per heavy atom. The van der Waals surface area contributed by atoms with Crippen molar-refractivity contribution in [3.63, 3.8) is 0 Å². The molecule has 5 nitrogen and oxygen atoms in total. The lowest BCUT2D eigenvalue weighted by molar-refractivity contribution is 0.0548. The highest BCUT2D eigenvalue weighted by atomic mass is 16.5. The number of benzene rings is 1. The fourth-order valence-corrected chi connectivity index (χ4v) is 1.97. The monoisotopic (exact) mass is 265 g/mol. The predicted octanol–water partition coefficient (Wildman–Crippen LogP) is 0.178. The number of hydrogen-bond donors (Lipinski definition) is 2. The summed E-state index contributed by atoms with van der Waals surface area (Å²) in [6.45, 7) is 4.93. The third kappa shape index (κ3) is 5.16. The van der Waals surface area contributed by atoms with Gasteiger partial charge in [0.15, 0.2) is 0 Å². The molecule has 1 heterocycles. The van der Waals surface area contributed by atoms with Crippen LogP contribution in [0.2, 0.25) is 0 Å². The molecular weight excluding hydrogens is 242 g/mol. The maximum Gasteiger partial charge on any atom is 0.119 e. The van der Waals surface area contributed by atoms with Crippen LogP contribution in [-0.4, -0.2) is 67.5 Å². The quantitative estimate of drug-likeness (QED) is 0.768. The largest absolute Gasteiger partial charge is 0.491 e. The molecule has 19 heavy (non-hydrogen) atoms. The SMILES string of the molecule is CN1CCN(NCC(O)COc2ccccc2)CC1. The first kappa shape index (κ1) is 14.3. The molecule has 1 atom stereocenters. The summed E-state index contributed by atoms with van der Waals surface area (Å²) in [4.78, 5) is 2.30. The van der Waals surface area contributed by atoms with Gasteiger partial charge in [-0.2, -0.15) is 0 Å². The number of likely N-dealkylation sites (N-methyl/N-ethyl adjacent to an activating group) is 1. The molecule has 2 rings (SSSR count). The van der Waals surface area contributed by atoms with Crippen molar-refractivity contribution >= 4 is 0 Å². The molecule has 1 unspecified atom stereocenters. The van der Waals surface area contributed by atoms with E-state index in [-0.39, 0.29) is 0 Å². The average Bonchev–Trinajstić information content (AvgIpc) is 2.45. The van der Waals surface area contributed by atoms with Gasteiger partial charge in [0.1, 0.15) is 18.5 Å². The summed E-state index contributed by atoms with van der Waals surface area (Å²) < 4.78 is 5.51. The summed E-state index contributed by atoms with van der Waals surface area (Å²) in [5.41, 5.74) is 3.25. The van der Waals surface area contributed by atoms with Crippen molar-refractivity contribution in [3.8, 4) is 5.75 Å². The van der Waals surface area contributed by atoms with Crippen LogP contribution in [-0.2, 0) is 0 Å². The van der Waals surface area contributed by atoms with Crippen molar-refractivity contribution in [1.82, 2.24) is 15.3 Å². The van der Waals surface area contributed by atoms with E-state index in [0.29, 0.717) is 13.2 Å². The Kier molecular flexibility index (Phi) is 5.60. The molecule has 1 aliphatic heterocycles. The average molecular weight is 265 g/mol. The van der Waals surface area contributed by atoms with Crippen LogP contribution in [0.4, 0.5) is 0 Å². The van der Waals surface area contributed by atoms with Gasteiger partial charge in [-0.25, -0.2) is 5.01 Å². The molecular formula is C14H23N3O2. The van der Waals surface area contributed by atoms with E-state index in [1.165, 1.54) is 0 Å². The van der Waals surface area contributed by atoms with E-state index < -0.39 is 6.10 Å². The molecule has 0 aromatic heterocycles. The smallest absolute Gasteiger partial charge is 0.119 e. The summed E-state index contributed by atoms with van der Waals surface area (Å²) in [6, 6.07) is 9.56. The van der Waals surface area contributed by atoms with Crippen LogP contribution in [0.1, 0.15) is 0 Å². The van der Waals surface area contributed by atoms with E-state index in [1.54, 1.807) is 0 Å². The maximum absolute atomic E-state index is 9.87. The van der Waals surface area contributed by atoms with Crippen LogP contribution in [0.3, 0.4) is 0 Å². The van der Waals surface area contributed by atoms with Crippen LogP contribution in [0.25, 0.3) is 0 Å². The van der Waals surface area contributed by atoms with E-state index in [9.17, 15) is 5.11 Å². The Morgan fingerprint density at radius 1 is 1.21 bits per heavy atom. The number of hydrazine groups is 1. The molecule has 1 saturated heterocycles. The predicted molar refractivity (Wildman–Crippen MR) is 75.0 cm³/mol. The number of nitrogens with one attached hydrogen (secondary N) is 1. The number of piperazine rings is 1. The second-order valence-electron chi connectivity index (χ2n) is 4.93.